The van der Waals surface area contributed by atoms with Crippen molar-refractivity contribution in [3.05, 3.63) is 0 Å². The molecular formula is C12H24O3. The highest BCUT2D eigenvalue weighted by Crippen LogP contribution is 2.34. The summed E-state index contributed by atoms with van der Waals surface area (Å²) in [4.78, 5) is 11.3. The third-order valence-corrected chi connectivity index (χ3v) is 3.18. The van der Waals surface area contributed by atoms with Crippen LogP contribution >= 0.6 is 0 Å². The lowest BCUT2D eigenvalue weighted by Crippen LogP contribution is -2.31. The predicted octanol–water partition coefficient (Wildman–Crippen LogP) is 2.82. The first-order valence-corrected chi connectivity index (χ1v) is 5.90. The number of carboxylic acid groups (broad SMARTS) is 1. The normalized spacial score (nSPS) is 17.1. The number of hydrogen-bond donors (Lipinski definition) is 2. The summed E-state index contributed by atoms with van der Waals surface area (Å²) in [7, 11) is 0. The maximum atomic E-state index is 11.3. The van der Waals surface area contributed by atoms with Crippen LogP contribution in [0.15, 0.2) is 0 Å². The second kappa shape index (κ2) is 6.83. The van der Waals surface area contributed by atoms with Gasteiger partial charge in [0, 0.05) is 0 Å². The average molecular weight is 216 g/mol. The van der Waals surface area contributed by atoms with Gasteiger partial charge in [0.05, 0.1) is 11.5 Å². The van der Waals surface area contributed by atoms with E-state index in [4.69, 9.17) is 0 Å². The van der Waals surface area contributed by atoms with Crippen molar-refractivity contribution in [3.8, 4) is 0 Å². The van der Waals surface area contributed by atoms with Gasteiger partial charge in [-0.25, -0.2) is 0 Å². The van der Waals surface area contributed by atoms with Crippen LogP contribution in [0.4, 0.5) is 0 Å². The molecule has 0 aliphatic rings. The third-order valence-electron chi connectivity index (χ3n) is 3.18. The predicted molar refractivity (Wildman–Crippen MR) is 60.8 cm³/mol. The summed E-state index contributed by atoms with van der Waals surface area (Å²) in [6.45, 7) is 5.70. The lowest BCUT2D eigenvalue weighted by molar-refractivity contribution is -0.150. The highest BCUT2D eigenvalue weighted by Gasteiger charge is 2.35. The molecular weight excluding hydrogens is 192 g/mol. The maximum Gasteiger partial charge on any atom is 0.309 e. The highest BCUT2D eigenvalue weighted by molar-refractivity contribution is 5.74. The Morgan fingerprint density at radius 3 is 2.27 bits per heavy atom. The summed E-state index contributed by atoms with van der Waals surface area (Å²) in [5.74, 6) is -0.709. The van der Waals surface area contributed by atoms with Crippen molar-refractivity contribution in [2.24, 2.45) is 5.41 Å². The summed E-state index contributed by atoms with van der Waals surface area (Å²) >= 11 is 0. The second-order valence-electron chi connectivity index (χ2n) is 4.43. The highest BCUT2D eigenvalue weighted by atomic mass is 16.4. The van der Waals surface area contributed by atoms with E-state index in [0.717, 1.165) is 19.3 Å². The van der Waals surface area contributed by atoms with E-state index in [1.54, 1.807) is 6.92 Å². The molecule has 0 heterocycles. The summed E-state index contributed by atoms with van der Waals surface area (Å²) in [5, 5.41) is 18.5. The number of aliphatic hydroxyl groups is 1. The number of aliphatic carboxylic acids is 1. The zero-order valence-electron chi connectivity index (χ0n) is 10.1. The summed E-state index contributed by atoms with van der Waals surface area (Å²) in [6.07, 6.45) is 4.08. The van der Waals surface area contributed by atoms with Crippen LogP contribution in [0.1, 0.15) is 59.3 Å². The topological polar surface area (TPSA) is 57.5 Å². The largest absolute Gasteiger partial charge is 0.481 e. The molecule has 0 aromatic rings. The number of carboxylic acids is 1. The number of aliphatic hydroxyl groups excluding tert-OH is 1. The minimum Gasteiger partial charge on any atom is -0.481 e. The number of hydrogen-bond acceptors (Lipinski definition) is 2. The molecule has 0 bridgehead atoms. The molecule has 0 aliphatic heterocycles. The SMILES string of the molecule is CCCCC(CC)(CCC(C)O)C(=O)O. The monoisotopic (exact) mass is 216 g/mol. The molecule has 0 fully saturated rings. The molecule has 3 nitrogen and oxygen atoms in total. The summed E-state index contributed by atoms with van der Waals surface area (Å²) in [5.41, 5.74) is -0.618. The molecule has 2 atom stereocenters. The fourth-order valence-electron chi connectivity index (χ4n) is 1.84. The zero-order valence-corrected chi connectivity index (χ0v) is 10.1. The molecule has 0 amide bonds. The van der Waals surface area contributed by atoms with Gasteiger partial charge in [-0.15, -0.1) is 0 Å². The Balaban J connectivity index is 4.43. The van der Waals surface area contributed by atoms with Crippen LogP contribution in [0, 0.1) is 5.41 Å². The van der Waals surface area contributed by atoms with E-state index in [1.165, 1.54) is 0 Å². The number of rotatable bonds is 8. The van der Waals surface area contributed by atoms with E-state index in [2.05, 4.69) is 6.92 Å². The Hall–Kier alpha value is -0.570. The summed E-state index contributed by atoms with van der Waals surface area (Å²) < 4.78 is 0. The average Bonchev–Trinajstić information content (AvgIpc) is 2.18. The second-order valence-corrected chi connectivity index (χ2v) is 4.43. The molecule has 2 N–H and O–H groups in total. The molecule has 0 rings (SSSR count). The smallest absolute Gasteiger partial charge is 0.309 e. The molecule has 0 spiro atoms. The molecule has 0 aliphatic carbocycles. The Morgan fingerprint density at radius 2 is 1.93 bits per heavy atom. The molecule has 90 valence electrons. The number of unbranched alkanes of at least 4 members (excludes halogenated alkanes) is 1. The van der Waals surface area contributed by atoms with Gasteiger partial charge < -0.3 is 10.2 Å². The zero-order chi connectivity index (χ0) is 11.9. The Morgan fingerprint density at radius 1 is 1.33 bits per heavy atom. The minimum atomic E-state index is -0.709. The Kier molecular flexibility index (Phi) is 6.57. The van der Waals surface area contributed by atoms with Crippen molar-refractivity contribution in [1.82, 2.24) is 0 Å². The van der Waals surface area contributed by atoms with Gasteiger partial charge in [0.2, 0.25) is 0 Å². The van der Waals surface area contributed by atoms with E-state index >= 15 is 0 Å². The van der Waals surface area contributed by atoms with Crippen LogP contribution in [0.5, 0.6) is 0 Å². The van der Waals surface area contributed by atoms with E-state index < -0.39 is 17.5 Å². The van der Waals surface area contributed by atoms with Gasteiger partial charge in [0.25, 0.3) is 0 Å². The van der Waals surface area contributed by atoms with Crippen molar-refractivity contribution in [2.45, 2.75) is 65.4 Å². The standard InChI is InChI=1S/C12H24O3/c1-4-6-8-12(5-2,11(14)15)9-7-10(3)13/h10,13H,4-9H2,1-3H3,(H,14,15). The van der Waals surface area contributed by atoms with Crippen LogP contribution in [-0.2, 0) is 4.79 Å². The van der Waals surface area contributed by atoms with E-state index in [1.807, 2.05) is 6.92 Å². The molecule has 0 aromatic carbocycles. The van der Waals surface area contributed by atoms with Crippen molar-refractivity contribution in [2.75, 3.05) is 0 Å². The van der Waals surface area contributed by atoms with Gasteiger partial charge in [-0.05, 0) is 32.6 Å². The van der Waals surface area contributed by atoms with Gasteiger partial charge >= 0.3 is 5.97 Å². The van der Waals surface area contributed by atoms with Crippen LogP contribution in [0.2, 0.25) is 0 Å². The minimum absolute atomic E-state index is 0.406. The molecule has 0 aromatic heterocycles. The first-order valence-electron chi connectivity index (χ1n) is 5.90. The fourth-order valence-corrected chi connectivity index (χ4v) is 1.84. The maximum absolute atomic E-state index is 11.3. The Bertz CT molecular complexity index is 189. The summed E-state index contributed by atoms with van der Waals surface area (Å²) in [6, 6.07) is 0. The molecule has 0 radical (unpaired) electrons. The molecule has 2 unspecified atom stereocenters. The van der Waals surface area contributed by atoms with E-state index in [-0.39, 0.29) is 0 Å². The Labute approximate surface area is 92.5 Å². The number of carbonyl (C=O) groups is 1. The van der Waals surface area contributed by atoms with Crippen molar-refractivity contribution >= 4 is 5.97 Å². The van der Waals surface area contributed by atoms with Gasteiger partial charge in [0.15, 0.2) is 0 Å². The molecule has 3 heteroatoms. The van der Waals surface area contributed by atoms with Crippen LogP contribution in [0.3, 0.4) is 0 Å². The van der Waals surface area contributed by atoms with E-state index in [9.17, 15) is 15.0 Å². The fraction of sp³-hybridized carbons (Fsp3) is 0.917. The van der Waals surface area contributed by atoms with Gasteiger partial charge in [-0.3, -0.25) is 4.79 Å². The molecule has 15 heavy (non-hydrogen) atoms. The first-order chi connectivity index (χ1) is 6.98. The lowest BCUT2D eigenvalue weighted by Gasteiger charge is -2.28. The van der Waals surface area contributed by atoms with Crippen LogP contribution in [-0.4, -0.2) is 22.3 Å². The quantitative estimate of drug-likeness (QED) is 0.656. The lowest BCUT2D eigenvalue weighted by atomic mass is 9.76. The van der Waals surface area contributed by atoms with Crippen molar-refractivity contribution < 1.29 is 15.0 Å². The van der Waals surface area contributed by atoms with Gasteiger partial charge in [-0.2, -0.15) is 0 Å². The molecule has 0 saturated heterocycles. The van der Waals surface area contributed by atoms with Gasteiger partial charge in [-0.1, -0.05) is 26.7 Å². The van der Waals surface area contributed by atoms with E-state index in [0.29, 0.717) is 19.3 Å². The van der Waals surface area contributed by atoms with Gasteiger partial charge in [0.1, 0.15) is 0 Å². The third kappa shape index (κ3) is 4.65. The van der Waals surface area contributed by atoms with Crippen molar-refractivity contribution in [3.63, 3.8) is 0 Å². The van der Waals surface area contributed by atoms with Crippen LogP contribution in [0.25, 0.3) is 0 Å². The van der Waals surface area contributed by atoms with Crippen molar-refractivity contribution in [1.29, 1.82) is 0 Å². The molecule has 0 saturated carbocycles. The first kappa shape index (κ1) is 14.4. The van der Waals surface area contributed by atoms with Crippen LogP contribution < -0.4 is 0 Å².